The van der Waals surface area contributed by atoms with Gasteiger partial charge in [-0.2, -0.15) is 0 Å². The zero-order valence-electron chi connectivity index (χ0n) is 21.8. The maximum atomic E-state index is 13.2. The largest absolute Gasteiger partial charge is 0.321 e. The van der Waals surface area contributed by atoms with Crippen LogP contribution in [0.25, 0.3) is 10.9 Å². The number of hydrogen-bond acceptors (Lipinski definition) is 5. The summed E-state index contributed by atoms with van der Waals surface area (Å²) in [6.45, 7) is 9.65. The highest BCUT2D eigenvalue weighted by Gasteiger charge is 2.29. The Labute approximate surface area is 212 Å². The minimum absolute atomic E-state index is 0.00348. The van der Waals surface area contributed by atoms with E-state index in [9.17, 15) is 4.79 Å². The fourth-order valence-corrected chi connectivity index (χ4v) is 5.71. The number of hydrogen-bond donors (Lipinski definition) is 1. The lowest BCUT2D eigenvalue weighted by Crippen LogP contribution is -2.32. The van der Waals surface area contributed by atoms with Gasteiger partial charge in [-0.3, -0.25) is 9.69 Å². The molecule has 1 unspecified atom stereocenters. The van der Waals surface area contributed by atoms with Crippen LogP contribution in [0.3, 0.4) is 0 Å². The van der Waals surface area contributed by atoms with Gasteiger partial charge in [0.15, 0.2) is 5.82 Å². The van der Waals surface area contributed by atoms with Crippen molar-refractivity contribution in [2.24, 2.45) is 0 Å². The molecule has 1 aliphatic carbocycles. The van der Waals surface area contributed by atoms with Gasteiger partial charge in [-0.05, 0) is 79.1 Å². The van der Waals surface area contributed by atoms with Crippen LogP contribution in [0.15, 0.2) is 47.3 Å². The fraction of sp³-hybridized carbons (Fsp3) is 0.448. The molecule has 1 N–H and O–H groups in total. The Kier molecular flexibility index (Phi) is 7.01. The molecule has 36 heavy (non-hydrogen) atoms. The number of fused-ring (bicyclic) bond motifs is 1. The van der Waals surface area contributed by atoms with Crippen molar-refractivity contribution in [2.75, 3.05) is 0 Å². The van der Waals surface area contributed by atoms with E-state index in [1.165, 1.54) is 29.5 Å². The third-order valence-corrected chi connectivity index (χ3v) is 7.56. The maximum absolute atomic E-state index is 13.2. The number of aryl methyl sites for hydroxylation is 3. The summed E-state index contributed by atoms with van der Waals surface area (Å²) in [5, 5.41) is 14.1. The van der Waals surface area contributed by atoms with Crippen molar-refractivity contribution in [3.05, 3.63) is 86.5 Å². The molecule has 0 saturated heterocycles. The Hall–Kier alpha value is -3.32. The van der Waals surface area contributed by atoms with Gasteiger partial charge < -0.3 is 4.98 Å². The smallest absolute Gasteiger partial charge is 0.252 e. The number of pyridine rings is 1. The maximum Gasteiger partial charge on any atom is 0.252 e. The van der Waals surface area contributed by atoms with E-state index in [1.807, 2.05) is 6.92 Å². The monoisotopic (exact) mass is 484 g/mol. The average Bonchev–Trinajstić information content (AvgIpc) is 3.54. The molecule has 2 aromatic carbocycles. The highest BCUT2D eigenvalue weighted by atomic mass is 16.1. The molecule has 1 aliphatic rings. The minimum Gasteiger partial charge on any atom is -0.321 e. The SMILES string of the molecule is CCC(c1nnnn1C1CCCC1)N(Cc1ccc(C)cc1)Cc1cc2cc(C)cc(C)c2[nH]c1=O. The number of nitrogens with zero attached hydrogens (tertiary/aromatic N) is 5. The Bertz CT molecular complexity index is 1400. The summed E-state index contributed by atoms with van der Waals surface area (Å²) in [6.07, 6.45) is 5.53. The van der Waals surface area contributed by atoms with Crippen LogP contribution in [0.1, 0.15) is 84.8 Å². The van der Waals surface area contributed by atoms with E-state index in [2.05, 4.69) is 93.3 Å². The molecule has 4 aromatic rings. The van der Waals surface area contributed by atoms with E-state index < -0.39 is 0 Å². The topological polar surface area (TPSA) is 79.7 Å². The van der Waals surface area contributed by atoms with Gasteiger partial charge in [0, 0.05) is 18.7 Å². The fourth-order valence-electron chi connectivity index (χ4n) is 5.71. The number of aromatic amines is 1. The predicted molar refractivity (Wildman–Crippen MR) is 143 cm³/mol. The van der Waals surface area contributed by atoms with Gasteiger partial charge in [0.25, 0.3) is 5.56 Å². The van der Waals surface area contributed by atoms with Crippen LogP contribution in [0.2, 0.25) is 0 Å². The Morgan fingerprint density at radius 3 is 2.50 bits per heavy atom. The van der Waals surface area contributed by atoms with Crippen LogP contribution >= 0.6 is 0 Å². The van der Waals surface area contributed by atoms with E-state index >= 15 is 0 Å². The molecule has 0 radical (unpaired) electrons. The van der Waals surface area contributed by atoms with E-state index in [4.69, 9.17) is 0 Å². The lowest BCUT2D eigenvalue weighted by Gasteiger charge is -2.31. The molecular formula is C29H36N6O. The summed E-state index contributed by atoms with van der Waals surface area (Å²) in [7, 11) is 0. The highest BCUT2D eigenvalue weighted by molar-refractivity contribution is 5.82. The molecule has 0 spiro atoms. The number of nitrogens with one attached hydrogen (secondary N) is 1. The van der Waals surface area contributed by atoms with Crippen molar-refractivity contribution in [2.45, 2.75) is 85.0 Å². The second kappa shape index (κ2) is 10.3. The first-order chi connectivity index (χ1) is 17.4. The van der Waals surface area contributed by atoms with E-state index in [0.717, 1.165) is 47.1 Å². The van der Waals surface area contributed by atoms with E-state index in [-0.39, 0.29) is 11.6 Å². The molecule has 1 fully saturated rings. The first-order valence-corrected chi connectivity index (χ1v) is 13.1. The van der Waals surface area contributed by atoms with Gasteiger partial charge in [0.1, 0.15) is 0 Å². The predicted octanol–water partition coefficient (Wildman–Crippen LogP) is 5.71. The van der Waals surface area contributed by atoms with Crippen LogP contribution < -0.4 is 5.56 Å². The van der Waals surface area contributed by atoms with Crippen molar-refractivity contribution in [3.63, 3.8) is 0 Å². The number of aromatic nitrogens is 5. The Morgan fingerprint density at radius 2 is 1.78 bits per heavy atom. The second-order valence-electron chi connectivity index (χ2n) is 10.4. The molecule has 1 atom stereocenters. The van der Waals surface area contributed by atoms with Crippen molar-refractivity contribution >= 4 is 10.9 Å². The van der Waals surface area contributed by atoms with Crippen LogP contribution in [0.4, 0.5) is 0 Å². The first kappa shape index (κ1) is 24.4. The molecule has 0 aliphatic heterocycles. The van der Waals surface area contributed by atoms with Gasteiger partial charge in [0.05, 0.1) is 17.6 Å². The molecule has 5 rings (SSSR count). The first-order valence-electron chi connectivity index (χ1n) is 13.1. The third kappa shape index (κ3) is 4.98. The summed E-state index contributed by atoms with van der Waals surface area (Å²) in [6, 6.07) is 15.3. The minimum atomic E-state index is -0.0337. The standard InChI is InChI=1S/C29H36N6O/c1-5-26(28-31-32-33-35(28)25-8-6-7-9-25)34(17-22-12-10-19(2)11-13-22)18-24-16-23-15-20(3)14-21(4)27(23)30-29(24)36/h10-16,25-26H,5-9,17-18H2,1-4H3,(H,30,36). The summed E-state index contributed by atoms with van der Waals surface area (Å²) >= 11 is 0. The van der Waals surface area contributed by atoms with Gasteiger partial charge in [-0.15, -0.1) is 5.10 Å². The molecule has 7 nitrogen and oxygen atoms in total. The summed E-state index contributed by atoms with van der Waals surface area (Å²) < 4.78 is 2.06. The van der Waals surface area contributed by atoms with Crippen molar-refractivity contribution in [1.82, 2.24) is 30.1 Å². The lowest BCUT2D eigenvalue weighted by molar-refractivity contribution is 0.158. The zero-order chi connectivity index (χ0) is 25.2. The normalized spacial score (nSPS) is 15.2. The van der Waals surface area contributed by atoms with Crippen LogP contribution in [-0.2, 0) is 13.1 Å². The number of H-pyrrole nitrogens is 1. The van der Waals surface area contributed by atoms with Crippen LogP contribution in [0, 0.1) is 20.8 Å². The highest BCUT2D eigenvalue weighted by Crippen LogP contribution is 2.33. The molecule has 0 bridgehead atoms. The van der Waals surface area contributed by atoms with E-state index in [1.54, 1.807) is 0 Å². The average molecular weight is 485 g/mol. The van der Waals surface area contributed by atoms with Gasteiger partial charge >= 0.3 is 0 Å². The number of rotatable bonds is 8. The van der Waals surface area contributed by atoms with Gasteiger partial charge in [-0.1, -0.05) is 61.2 Å². The Morgan fingerprint density at radius 1 is 1.03 bits per heavy atom. The molecule has 2 aromatic heterocycles. The molecule has 0 amide bonds. The van der Waals surface area contributed by atoms with Crippen LogP contribution in [0.5, 0.6) is 0 Å². The summed E-state index contributed by atoms with van der Waals surface area (Å²) in [5.74, 6) is 0.903. The zero-order valence-corrected chi connectivity index (χ0v) is 21.8. The molecular weight excluding hydrogens is 448 g/mol. The molecule has 188 valence electrons. The lowest BCUT2D eigenvalue weighted by atomic mass is 10.0. The van der Waals surface area contributed by atoms with Gasteiger partial charge in [0.2, 0.25) is 0 Å². The molecule has 1 saturated carbocycles. The van der Waals surface area contributed by atoms with Gasteiger partial charge in [-0.25, -0.2) is 4.68 Å². The van der Waals surface area contributed by atoms with Crippen molar-refractivity contribution in [1.29, 1.82) is 0 Å². The van der Waals surface area contributed by atoms with Crippen molar-refractivity contribution in [3.8, 4) is 0 Å². The number of tetrazole rings is 1. The van der Waals surface area contributed by atoms with E-state index in [0.29, 0.717) is 19.1 Å². The van der Waals surface area contributed by atoms with Crippen molar-refractivity contribution < 1.29 is 0 Å². The number of benzene rings is 2. The molecule has 2 heterocycles. The second-order valence-corrected chi connectivity index (χ2v) is 10.4. The van der Waals surface area contributed by atoms with Crippen LogP contribution in [-0.4, -0.2) is 30.1 Å². The Balaban J connectivity index is 1.55. The summed E-state index contributed by atoms with van der Waals surface area (Å²) in [4.78, 5) is 18.8. The molecule has 7 heteroatoms. The quantitative estimate of drug-likeness (QED) is 0.347. The summed E-state index contributed by atoms with van der Waals surface area (Å²) in [5.41, 5.74) is 6.37. The third-order valence-electron chi connectivity index (χ3n) is 7.56.